The van der Waals surface area contributed by atoms with E-state index in [2.05, 4.69) is 36.5 Å². The Morgan fingerprint density at radius 1 is 1.09 bits per heavy atom. The molecule has 0 fully saturated rings. The van der Waals surface area contributed by atoms with Crippen LogP contribution >= 0.6 is 0 Å². The van der Waals surface area contributed by atoms with E-state index in [-0.39, 0.29) is 11.4 Å². The third-order valence-corrected chi connectivity index (χ3v) is 4.21. The van der Waals surface area contributed by atoms with Gasteiger partial charge in [0.1, 0.15) is 0 Å². The molecule has 0 aliphatic heterocycles. The fourth-order valence-electron chi connectivity index (χ4n) is 2.65. The Morgan fingerprint density at radius 2 is 1.74 bits per heavy atom. The van der Waals surface area contributed by atoms with Crippen molar-refractivity contribution in [1.82, 2.24) is 5.32 Å². The first-order chi connectivity index (χ1) is 10.9. The Kier molecular flexibility index (Phi) is 5.43. The van der Waals surface area contributed by atoms with E-state index >= 15 is 0 Å². The number of nitrogens with two attached hydrogens (primary N) is 1. The number of benzene rings is 2. The highest BCUT2D eigenvalue weighted by molar-refractivity contribution is 5.77. The first kappa shape index (κ1) is 17.1. The molecule has 2 rings (SSSR count). The predicted octanol–water partition coefficient (Wildman–Crippen LogP) is 3.82. The first-order valence-electron chi connectivity index (χ1n) is 8.16. The number of anilines is 1. The quantitative estimate of drug-likeness (QED) is 0.797. The van der Waals surface area contributed by atoms with E-state index in [4.69, 9.17) is 5.73 Å². The molecule has 0 aliphatic carbocycles. The maximum atomic E-state index is 12.3. The second-order valence-corrected chi connectivity index (χ2v) is 6.42. The van der Waals surface area contributed by atoms with Crippen molar-refractivity contribution in [3.63, 3.8) is 0 Å². The van der Waals surface area contributed by atoms with Crippen LogP contribution in [0.15, 0.2) is 48.5 Å². The standard InChI is InChI=1S/C20H26N2O/c1-4-15-9-12-17(13-10-15)20(2,3)22-19(23)14-11-16-7-5-6-8-18(16)21/h5-10,12-13H,4,11,14,21H2,1-3H3,(H,22,23). The number of amides is 1. The molecular weight excluding hydrogens is 284 g/mol. The molecule has 1 amide bonds. The highest BCUT2D eigenvalue weighted by Crippen LogP contribution is 2.21. The van der Waals surface area contributed by atoms with E-state index in [0.717, 1.165) is 23.2 Å². The number of aryl methyl sites for hydroxylation is 2. The molecule has 0 bridgehead atoms. The average molecular weight is 310 g/mol. The number of carbonyl (C=O) groups is 1. The summed E-state index contributed by atoms with van der Waals surface area (Å²) in [5.74, 6) is 0.0396. The summed E-state index contributed by atoms with van der Waals surface area (Å²) in [5.41, 5.74) is 9.72. The number of carbonyl (C=O) groups excluding carboxylic acids is 1. The van der Waals surface area contributed by atoms with E-state index in [1.807, 2.05) is 38.1 Å². The molecule has 0 atom stereocenters. The van der Waals surface area contributed by atoms with Gasteiger partial charge in [-0.05, 0) is 49.4 Å². The minimum absolute atomic E-state index is 0.0396. The first-order valence-corrected chi connectivity index (χ1v) is 8.16. The average Bonchev–Trinajstić information content (AvgIpc) is 2.54. The van der Waals surface area contributed by atoms with Gasteiger partial charge in [-0.1, -0.05) is 49.4 Å². The normalized spacial score (nSPS) is 11.3. The van der Waals surface area contributed by atoms with Gasteiger partial charge in [0.25, 0.3) is 0 Å². The molecular formula is C20H26N2O. The Bertz CT molecular complexity index is 660. The third kappa shape index (κ3) is 4.59. The van der Waals surface area contributed by atoms with E-state index < -0.39 is 0 Å². The Hall–Kier alpha value is -2.29. The maximum Gasteiger partial charge on any atom is 0.221 e. The van der Waals surface area contributed by atoms with Crippen molar-refractivity contribution < 1.29 is 4.79 Å². The van der Waals surface area contributed by atoms with E-state index in [9.17, 15) is 4.79 Å². The monoisotopic (exact) mass is 310 g/mol. The molecule has 0 aliphatic rings. The molecule has 0 radical (unpaired) electrons. The Morgan fingerprint density at radius 3 is 2.35 bits per heavy atom. The number of rotatable bonds is 6. The van der Waals surface area contributed by atoms with E-state index in [0.29, 0.717) is 12.8 Å². The van der Waals surface area contributed by atoms with E-state index in [1.165, 1.54) is 5.56 Å². The van der Waals surface area contributed by atoms with Crippen LogP contribution in [0.1, 0.15) is 43.9 Å². The summed E-state index contributed by atoms with van der Waals surface area (Å²) in [6, 6.07) is 16.1. The lowest BCUT2D eigenvalue weighted by Gasteiger charge is -2.27. The molecule has 0 saturated carbocycles. The molecule has 0 spiro atoms. The summed E-state index contributed by atoms with van der Waals surface area (Å²) in [7, 11) is 0. The van der Waals surface area contributed by atoms with Gasteiger partial charge in [-0.25, -0.2) is 0 Å². The fourth-order valence-corrected chi connectivity index (χ4v) is 2.65. The van der Waals surface area contributed by atoms with Crippen LogP contribution in [0.25, 0.3) is 0 Å². The van der Waals surface area contributed by atoms with Crippen LogP contribution in [0, 0.1) is 0 Å². The number of nitrogen functional groups attached to an aromatic ring is 1. The number of hydrogen-bond donors (Lipinski definition) is 2. The van der Waals surface area contributed by atoms with Gasteiger partial charge in [-0.2, -0.15) is 0 Å². The topological polar surface area (TPSA) is 55.1 Å². The maximum absolute atomic E-state index is 12.3. The molecule has 0 aromatic heterocycles. The lowest BCUT2D eigenvalue weighted by atomic mass is 9.92. The van der Waals surface area contributed by atoms with Crippen LogP contribution in [-0.2, 0) is 23.2 Å². The second-order valence-electron chi connectivity index (χ2n) is 6.42. The molecule has 23 heavy (non-hydrogen) atoms. The van der Waals surface area contributed by atoms with Crippen molar-refractivity contribution in [2.75, 3.05) is 5.73 Å². The van der Waals surface area contributed by atoms with Crippen molar-refractivity contribution in [2.24, 2.45) is 0 Å². The molecule has 2 aromatic rings. The summed E-state index contributed by atoms with van der Waals surface area (Å²) in [6.45, 7) is 6.20. The van der Waals surface area contributed by atoms with Crippen molar-refractivity contribution in [3.05, 3.63) is 65.2 Å². The van der Waals surface area contributed by atoms with Crippen LogP contribution in [0.3, 0.4) is 0 Å². The fraction of sp³-hybridized carbons (Fsp3) is 0.350. The minimum atomic E-state index is -0.383. The molecule has 0 unspecified atom stereocenters. The lowest BCUT2D eigenvalue weighted by Crippen LogP contribution is -2.41. The molecule has 3 N–H and O–H groups in total. The van der Waals surface area contributed by atoms with Crippen molar-refractivity contribution in [2.45, 2.75) is 45.6 Å². The molecule has 0 saturated heterocycles. The minimum Gasteiger partial charge on any atom is -0.399 e. The highest BCUT2D eigenvalue weighted by atomic mass is 16.1. The molecule has 2 aromatic carbocycles. The zero-order chi connectivity index (χ0) is 16.9. The Labute approximate surface area is 138 Å². The van der Waals surface area contributed by atoms with E-state index in [1.54, 1.807) is 0 Å². The summed E-state index contributed by atoms with van der Waals surface area (Å²) in [5, 5.41) is 3.12. The zero-order valence-electron chi connectivity index (χ0n) is 14.2. The SMILES string of the molecule is CCc1ccc(C(C)(C)NC(=O)CCc2ccccc2N)cc1. The van der Waals surface area contributed by atoms with Crippen LogP contribution < -0.4 is 11.1 Å². The van der Waals surface area contributed by atoms with Gasteiger partial charge in [-0.3, -0.25) is 4.79 Å². The Balaban J connectivity index is 1.96. The van der Waals surface area contributed by atoms with Gasteiger partial charge in [0.2, 0.25) is 5.91 Å². The lowest BCUT2D eigenvalue weighted by molar-refractivity contribution is -0.122. The van der Waals surface area contributed by atoms with Gasteiger partial charge in [0.15, 0.2) is 0 Å². The highest BCUT2D eigenvalue weighted by Gasteiger charge is 2.22. The van der Waals surface area contributed by atoms with Crippen molar-refractivity contribution in [1.29, 1.82) is 0 Å². The number of hydrogen-bond acceptors (Lipinski definition) is 2. The van der Waals surface area contributed by atoms with Crippen LogP contribution in [0.2, 0.25) is 0 Å². The summed E-state index contributed by atoms with van der Waals surface area (Å²) >= 11 is 0. The smallest absolute Gasteiger partial charge is 0.221 e. The van der Waals surface area contributed by atoms with Crippen molar-refractivity contribution >= 4 is 11.6 Å². The molecule has 3 nitrogen and oxygen atoms in total. The molecule has 122 valence electrons. The van der Waals surface area contributed by atoms with Crippen LogP contribution in [0.5, 0.6) is 0 Å². The van der Waals surface area contributed by atoms with Crippen molar-refractivity contribution in [3.8, 4) is 0 Å². The van der Waals surface area contributed by atoms with Gasteiger partial charge < -0.3 is 11.1 Å². The summed E-state index contributed by atoms with van der Waals surface area (Å²) < 4.78 is 0. The second kappa shape index (κ2) is 7.32. The third-order valence-electron chi connectivity index (χ3n) is 4.21. The number of nitrogens with one attached hydrogen (secondary N) is 1. The zero-order valence-corrected chi connectivity index (χ0v) is 14.2. The van der Waals surface area contributed by atoms with Crippen LogP contribution in [0.4, 0.5) is 5.69 Å². The molecule has 0 heterocycles. The van der Waals surface area contributed by atoms with Gasteiger partial charge in [0, 0.05) is 12.1 Å². The van der Waals surface area contributed by atoms with Gasteiger partial charge in [0.05, 0.1) is 5.54 Å². The van der Waals surface area contributed by atoms with Crippen LogP contribution in [-0.4, -0.2) is 5.91 Å². The predicted molar refractivity (Wildman–Crippen MR) is 96.2 cm³/mol. The number of para-hydroxylation sites is 1. The van der Waals surface area contributed by atoms with Gasteiger partial charge in [-0.15, -0.1) is 0 Å². The van der Waals surface area contributed by atoms with Gasteiger partial charge >= 0.3 is 0 Å². The molecule has 3 heteroatoms. The summed E-state index contributed by atoms with van der Waals surface area (Å²) in [4.78, 5) is 12.3. The summed E-state index contributed by atoms with van der Waals surface area (Å²) in [6.07, 6.45) is 2.11. The largest absolute Gasteiger partial charge is 0.399 e.